The molecule has 90 valence electrons. The number of carbonyl (C=O) groups excluding carboxylic acids is 1. The Morgan fingerprint density at radius 1 is 1.41 bits per heavy atom. The van der Waals surface area contributed by atoms with Crippen molar-refractivity contribution in [3.05, 3.63) is 28.3 Å². The molecular weight excluding hydrogens is 216 g/mol. The van der Waals surface area contributed by atoms with Crippen LogP contribution < -0.4 is 10.1 Å². The van der Waals surface area contributed by atoms with Crippen molar-refractivity contribution in [2.75, 3.05) is 7.11 Å². The minimum atomic E-state index is -0.614. The molecule has 0 saturated heterocycles. The summed E-state index contributed by atoms with van der Waals surface area (Å²) in [6.45, 7) is 6.29. The fourth-order valence-electron chi connectivity index (χ4n) is 1.79. The van der Waals surface area contributed by atoms with Gasteiger partial charge in [-0.05, 0) is 49.1 Å². The number of ether oxygens (including phenoxy) is 1. The second kappa shape index (κ2) is 5.35. The van der Waals surface area contributed by atoms with Crippen LogP contribution >= 0.6 is 0 Å². The number of benzene rings is 1. The van der Waals surface area contributed by atoms with Gasteiger partial charge in [0.25, 0.3) is 0 Å². The average Bonchev–Trinajstić information content (AvgIpc) is 2.33. The third-order valence-corrected chi connectivity index (χ3v) is 2.96. The van der Waals surface area contributed by atoms with Gasteiger partial charge in [0.2, 0.25) is 0 Å². The van der Waals surface area contributed by atoms with Gasteiger partial charge in [0.1, 0.15) is 5.75 Å². The molecule has 0 aliphatic carbocycles. The Kier molecular flexibility index (Phi) is 4.11. The van der Waals surface area contributed by atoms with Crippen LogP contribution in [0.1, 0.15) is 22.3 Å². The molecule has 0 aliphatic rings. The largest absolute Gasteiger partial charge is 0.496 e. The van der Waals surface area contributed by atoms with Crippen LogP contribution in [-0.2, 0) is 11.3 Å². The molecule has 1 aromatic rings. The van der Waals surface area contributed by atoms with Crippen molar-refractivity contribution in [3.63, 3.8) is 0 Å². The first-order valence-electron chi connectivity index (χ1n) is 5.32. The molecule has 17 heavy (non-hydrogen) atoms. The fourth-order valence-corrected chi connectivity index (χ4v) is 1.79. The van der Waals surface area contributed by atoms with Crippen LogP contribution in [0.5, 0.6) is 5.75 Å². The van der Waals surface area contributed by atoms with Gasteiger partial charge in [-0.1, -0.05) is 0 Å². The summed E-state index contributed by atoms with van der Waals surface area (Å²) in [4.78, 5) is 10.9. The van der Waals surface area contributed by atoms with Crippen molar-refractivity contribution in [2.24, 2.45) is 0 Å². The quantitative estimate of drug-likeness (QED) is 0.808. The molecule has 4 nitrogen and oxygen atoms in total. The first kappa shape index (κ1) is 13.0. The van der Waals surface area contributed by atoms with E-state index in [1.165, 1.54) is 6.07 Å². The molecule has 0 aliphatic heterocycles. The van der Waals surface area contributed by atoms with Crippen molar-refractivity contribution in [1.29, 1.82) is 5.26 Å². The number of methoxy groups -OCH3 is 1. The molecule has 1 aromatic carbocycles. The molecule has 4 heteroatoms. The SMILES string of the molecule is COc1cc(C)c(CNC(=O)C#N)c(C)c1C. The molecule has 0 atom stereocenters. The summed E-state index contributed by atoms with van der Waals surface area (Å²) >= 11 is 0. The Morgan fingerprint density at radius 2 is 2.06 bits per heavy atom. The van der Waals surface area contributed by atoms with Crippen LogP contribution in [0.4, 0.5) is 0 Å². The van der Waals surface area contributed by atoms with Gasteiger partial charge >= 0.3 is 5.91 Å². The Labute approximate surface area is 101 Å². The van der Waals surface area contributed by atoms with Crippen LogP contribution in [0.3, 0.4) is 0 Å². The monoisotopic (exact) mass is 232 g/mol. The van der Waals surface area contributed by atoms with E-state index in [1.54, 1.807) is 7.11 Å². The van der Waals surface area contributed by atoms with E-state index < -0.39 is 5.91 Å². The molecule has 0 heterocycles. The van der Waals surface area contributed by atoms with Crippen molar-refractivity contribution < 1.29 is 9.53 Å². The summed E-state index contributed by atoms with van der Waals surface area (Å²) in [6.07, 6.45) is 0. The lowest BCUT2D eigenvalue weighted by Crippen LogP contribution is -2.21. The molecule has 0 radical (unpaired) electrons. The number of carbonyl (C=O) groups is 1. The minimum absolute atomic E-state index is 0.370. The van der Waals surface area contributed by atoms with Crippen LogP contribution in [0.15, 0.2) is 6.07 Å². The van der Waals surface area contributed by atoms with E-state index in [2.05, 4.69) is 5.32 Å². The zero-order chi connectivity index (χ0) is 13.0. The lowest BCUT2D eigenvalue weighted by molar-refractivity contribution is -0.116. The summed E-state index contributed by atoms with van der Waals surface area (Å²) in [6, 6.07) is 3.48. The molecule has 0 fully saturated rings. The predicted octanol–water partition coefficient (Wildman–Crippen LogP) is 1.76. The van der Waals surface area contributed by atoms with Crippen molar-refractivity contribution >= 4 is 5.91 Å². The number of hydrogen-bond acceptors (Lipinski definition) is 3. The van der Waals surface area contributed by atoms with E-state index in [0.29, 0.717) is 6.54 Å². The van der Waals surface area contributed by atoms with E-state index in [9.17, 15) is 4.79 Å². The maximum atomic E-state index is 10.9. The van der Waals surface area contributed by atoms with E-state index >= 15 is 0 Å². The number of amides is 1. The van der Waals surface area contributed by atoms with Gasteiger partial charge in [-0.15, -0.1) is 0 Å². The fraction of sp³-hybridized carbons (Fsp3) is 0.385. The second-order valence-corrected chi connectivity index (χ2v) is 3.92. The van der Waals surface area contributed by atoms with Gasteiger partial charge in [-0.25, -0.2) is 0 Å². The van der Waals surface area contributed by atoms with Gasteiger partial charge in [0.05, 0.1) is 7.11 Å². The zero-order valence-electron chi connectivity index (χ0n) is 10.5. The third-order valence-electron chi connectivity index (χ3n) is 2.96. The Hall–Kier alpha value is -2.02. The number of nitrogens with zero attached hydrogens (tertiary/aromatic N) is 1. The predicted molar refractivity (Wildman–Crippen MR) is 64.7 cm³/mol. The highest BCUT2D eigenvalue weighted by atomic mass is 16.5. The maximum absolute atomic E-state index is 10.9. The molecular formula is C13H16N2O2. The summed E-state index contributed by atoms with van der Waals surface area (Å²) in [7, 11) is 1.64. The molecule has 1 rings (SSSR count). The number of aryl methyl sites for hydroxylation is 1. The van der Waals surface area contributed by atoms with Gasteiger partial charge in [0, 0.05) is 6.54 Å². The van der Waals surface area contributed by atoms with E-state index in [1.807, 2.05) is 26.8 Å². The Balaban J connectivity index is 3.05. The highest BCUT2D eigenvalue weighted by molar-refractivity contribution is 5.91. The summed E-state index contributed by atoms with van der Waals surface area (Å²) in [5.74, 6) is 0.229. The normalized spacial score (nSPS) is 9.59. The maximum Gasteiger partial charge on any atom is 0.322 e. The molecule has 0 saturated carbocycles. The molecule has 0 spiro atoms. The second-order valence-electron chi connectivity index (χ2n) is 3.92. The number of nitriles is 1. The van der Waals surface area contributed by atoms with E-state index in [0.717, 1.165) is 28.0 Å². The first-order valence-corrected chi connectivity index (χ1v) is 5.32. The highest BCUT2D eigenvalue weighted by Crippen LogP contribution is 2.27. The van der Waals surface area contributed by atoms with Crippen LogP contribution in [0.2, 0.25) is 0 Å². The van der Waals surface area contributed by atoms with Crippen LogP contribution in [0, 0.1) is 32.1 Å². The van der Waals surface area contributed by atoms with E-state index in [4.69, 9.17) is 10.00 Å². The summed E-state index contributed by atoms with van der Waals surface area (Å²) in [5, 5.41) is 11.0. The number of nitrogens with one attached hydrogen (secondary N) is 1. The average molecular weight is 232 g/mol. The Morgan fingerprint density at radius 3 is 2.59 bits per heavy atom. The van der Waals surface area contributed by atoms with Gasteiger partial charge in [-0.2, -0.15) is 5.26 Å². The lowest BCUT2D eigenvalue weighted by atomic mass is 9.97. The van der Waals surface area contributed by atoms with Gasteiger partial charge in [0.15, 0.2) is 6.07 Å². The zero-order valence-corrected chi connectivity index (χ0v) is 10.5. The summed E-state index contributed by atoms with van der Waals surface area (Å²) < 4.78 is 5.27. The van der Waals surface area contributed by atoms with Gasteiger partial charge in [-0.3, -0.25) is 4.79 Å². The molecule has 0 aromatic heterocycles. The number of rotatable bonds is 3. The Bertz CT molecular complexity index is 487. The highest BCUT2D eigenvalue weighted by Gasteiger charge is 2.11. The molecule has 0 bridgehead atoms. The van der Waals surface area contributed by atoms with Crippen LogP contribution in [0.25, 0.3) is 0 Å². The molecule has 0 unspecified atom stereocenters. The minimum Gasteiger partial charge on any atom is -0.496 e. The molecule has 1 amide bonds. The smallest absolute Gasteiger partial charge is 0.322 e. The summed E-state index contributed by atoms with van der Waals surface area (Å²) in [5.41, 5.74) is 4.22. The molecule has 1 N–H and O–H groups in total. The number of hydrogen-bond donors (Lipinski definition) is 1. The van der Waals surface area contributed by atoms with Crippen LogP contribution in [-0.4, -0.2) is 13.0 Å². The first-order chi connectivity index (χ1) is 8.01. The van der Waals surface area contributed by atoms with Gasteiger partial charge < -0.3 is 10.1 Å². The van der Waals surface area contributed by atoms with E-state index in [-0.39, 0.29) is 0 Å². The van der Waals surface area contributed by atoms with Crippen molar-refractivity contribution in [1.82, 2.24) is 5.32 Å². The third kappa shape index (κ3) is 2.76. The topological polar surface area (TPSA) is 62.1 Å². The van der Waals surface area contributed by atoms with Crippen molar-refractivity contribution in [3.8, 4) is 11.8 Å². The van der Waals surface area contributed by atoms with Crippen molar-refractivity contribution in [2.45, 2.75) is 27.3 Å². The lowest BCUT2D eigenvalue weighted by Gasteiger charge is -2.15. The standard InChI is InChI=1S/C13H16N2O2/c1-8-5-12(17-4)10(3)9(2)11(8)7-15-13(16)6-14/h5H,7H2,1-4H3,(H,15,16).